The number of hydrogen-bond acceptors (Lipinski definition) is 3. The van der Waals surface area contributed by atoms with Crippen LogP contribution in [0.15, 0.2) is 29.2 Å². The van der Waals surface area contributed by atoms with Crippen molar-refractivity contribution in [3.05, 3.63) is 40.2 Å². The Morgan fingerprint density at radius 1 is 1.35 bits per heavy atom. The first-order chi connectivity index (χ1) is 9.47. The molecule has 0 aliphatic carbocycles. The normalized spacial score (nSPS) is 10.8. The minimum Gasteiger partial charge on any atom is -0.398 e. The van der Waals surface area contributed by atoms with Gasteiger partial charge in [-0.05, 0) is 18.6 Å². The number of nitrogen functional groups attached to an aromatic ring is 1. The van der Waals surface area contributed by atoms with Crippen molar-refractivity contribution in [3.63, 3.8) is 0 Å². The average Bonchev–Trinajstić information content (AvgIpc) is 2.41. The van der Waals surface area contributed by atoms with Gasteiger partial charge in [-0.25, -0.2) is 0 Å². The maximum atomic E-state index is 12.5. The Bertz CT molecular complexity index is 717. The number of hydrogen-bond donors (Lipinski definition) is 1. The van der Waals surface area contributed by atoms with Crippen LogP contribution in [0.4, 0.5) is 5.69 Å². The molecule has 2 aromatic rings. The van der Waals surface area contributed by atoms with Gasteiger partial charge in [-0.15, -0.1) is 0 Å². The fourth-order valence-electron chi connectivity index (χ4n) is 2.28. The number of aromatic nitrogens is 1. The standard InChI is InChI=1S/C15H19N3O2/c1-4-8-18-9-10(15(20)17(2)3)14(19)13-11(16)6-5-7-12(13)18/h5-7,9H,4,8,16H2,1-3H3. The van der Waals surface area contributed by atoms with Gasteiger partial charge in [0.1, 0.15) is 5.56 Å². The third-order valence-electron chi connectivity index (χ3n) is 3.24. The van der Waals surface area contributed by atoms with Crippen molar-refractivity contribution >= 4 is 22.5 Å². The molecule has 0 saturated heterocycles. The number of pyridine rings is 1. The predicted molar refractivity (Wildman–Crippen MR) is 80.9 cm³/mol. The number of nitrogens with zero attached hydrogens (tertiary/aromatic N) is 2. The van der Waals surface area contributed by atoms with Gasteiger partial charge in [0, 0.05) is 32.5 Å². The van der Waals surface area contributed by atoms with Crippen LogP contribution in [0.5, 0.6) is 0 Å². The molecular weight excluding hydrogens is 254 g/mol. The second-order valence-corrected chi connectivity index (χ2v) is 5.01. The molecule has 5 heteroatoms. The summed E-state index contributed by atoms with van der Waals surface area (Å²) < 4.78 is 1.92. The van der Waals surface area contributed by atoms with E-state index in [1.807, 2.05) is 23.6 Å². The number of carbonyl (C=O) groups excluding carboxylic acids is 1. The van der Waals surface area contributed by atoms with Crippen LogP contribution in [0.25, 0.3) is 10.9 Å². The molecule has 0 saturated carbocycles. The summed E-state index contributed by atoms with van der Waals surface area (Å²) in [7, 11) is 3.26. The number of anilines is 1. The molecule has 106 valence electrons. The summed E-state index contributed by atoms with van der Waals surface area (Å²) >= 11 is 0. The summed E-state index contributed by atoms with van der Waals surface area (Å²) in [4.78, 5) is 26.1. The van der Waals surface area contributed by atoms with Gasteiger partial charge in [0.25, 0.3) is 5.91 Å². The van der Waals surface area contributed by atoms with Crippen molar-refractivity contribution in [3.8, 4) is 0 Å². The molecule has 2 rings (SSSR count). The molecule has 1 aromatic carbocycles. The molecule has 1 aromatic heterocycles. The zero-order valence-electron chi connectivity index (χ0n) is 12.0. The highest BCUT2D eigenvalue weighted by Crippen LogP contribution is 2.19. The summed E-state index contributed by atoms with van der Waals surface area (Å²) in [6.07, 6.45) is 2.54. The van der Waals surface area contributed by atoms with Crippen LogP contribution in [-0.4, -0.2) is 29.5 Å². The Morgan fingerprint density at radius 2 is 2.05 bits per heavy atom. The highest BCUT2D eigenvalue weighted by Gasteiger charge is 2.17. The van der Waals surface area contributed by atoms with Crippen molar-refractivity contribution < 1.29 is 4.79 Å². The molecule has 0 spiro atoms. The van der Waals surface area contributed by atoms with Crippen molar-refractivity contribution in [1.29, 1.82) is 0 Å². The Balaban J connectivity index is 2.85. The minimum absolute atomic E-state index is 0.161. The molecule has 2 N–H and O–H groups in total. The zero-order chi connectivity index (χ0) is 14.9. The van der Waals surface area contributed by atoms with Gasteiger partial charge in [0.15, 0.2) is 0 Å². The maximum Gasteiger partial charge on any atom is 0.258 e. The maximum absolute atomic E-state index is 12.5. The highest BCUT2D eigenvalue weighted by molar-refractivity contribution is 5.99. The first-order valence-electron chi connectivity index (χ1n) is 6.60. The summed E-state index contributed by atoms with van der Waals surface area (Å²) in [6.45, 7) is 2.78. The second kappa shape index (κ2) is 5.36. The molecule has 0 aliphatic heterocycles. The summed E-state index contributed by atoms with van der Waals surface area (Å²) in [6, 6.07) is 5.35. The number of benzene rings is 1. The Hall–Kier alpha value is -2.30. The first kappa shape index (κ1) is 14.1. The molecule has 1 heterocycles. The van der Waals surface area contributed by atoms with Gasteiger partial charge >= 0.3 is 0 Å². The molecular formula is C15H19N3O2. The first-order valence-corrected chi connectivity index (χ1v) is 6.60. The quantitative estimate of drug-likeness (QED) is 0.865. The van der Waals surface area contributed by atoms with Crippen molar-refractivity contribution in [2.24, 2.45) is 0 Å². The van der Waals surface area contributed by atoms with Crippen molar-refractivity contribution in [2.75, 3.05) is 19.8 Å². The van der Waals surface area contributed by atoms with Gasteiger partial charge < -0.3 is 15.2 Å². The van der Waals surface area contributed by atoms with Crippen LogP contribution in [0, 0.1) is 0 Å². The predicted octanol–water partition coefficient (Wildman–Crippen LogP) is 1.70. The van der Waals surface area contributed by atoms with Crippen LogP contribution < -0.4 is 11.2 Å². The number of fused-ring (bicyclic) bond motifs is 1. The fourth-order valence-corrected chi connectivity index (χ4v) is 2.28. The van der Waals surface area contributed by atoms with E-state index in [9.17, 15) is 9.59 Å². The number of carbonyl (C=O) groups is 1. The van der Waals surface area contributed by atoms with E-state index in [1.165, 1.54) is 4.90 Å². The van der Waals surface area contributed by atoms with Crippen molar-refractivity contribution in [1.82, 2.24) is 9.47 Å². The van der Waals surface area contributed by atoms with Crippen LogP contribution in [0.3, 0.4) is 0 Å². The lowest BCUT2D eigenvalue weighted by molar-refractivity contribution is 0.0826. The molecule has 0 bridgehead atoms. The number of nitrogens with two attached hydrogens (primary N) is 1. The molecule has 0 radical (unpaired) electrons. The summed E-state index contributed by atoms with van der Waals surface area (Å²) in [5.74, 6) is -0.301. The van der Waals surface area contributed by atoms with E-state index in [0.29, 0.717) is 11.1 Å². The largest absolute Gasteiger partial charge is 0.398 e. The van der Waals surface area contributed by atoms with Gasteiger partial charge in [0.2, 0.25) is 5.43 Å². The molecule has 0 fully saturated rings. The molecule has 20 heavy (non-hydrogen) atoms. The number of aryl methyl sites for hydroxylation is 1. The third-order valence-corrected chi connectivity index (χ3v) is 3.24. The van der Waals surface area contributed by atoms with Gasteiger partial charge in [-0.1, -0.05) is 13.0 Å². The smallest absolute Gasteiger partial charge is 0.258 e. The fraction of sp³-hybridized carbons (Fsp3) is 0.333. The minimum atomic E-state index is -0.302. The number of rotatable bonds is 3. The van der Waals surface area contributed by atoms with E-state index in [0.717, 1.165) is 18.5 Å². The summed E-state index contributed by atoms with van der Waals surface area (Å²) in [5, 5.41) is 0.425. The monoisotopic (exact) mass is 273 g/mol. The topological polar surface area (TPSA) is 68.3 Å². The number of amides is 1. The Morgan fingerprint density at radius 3 is 2.65 bits per heavy atom. The van der Waals surface area contributed by atoms with E-state index in [1.54, 1.807) is 26.4 Å². The van der Waals surface area contributed by atoms with E-state index in [4.69, 9.17) is 5.73 Å². The SMILES string of the molecule is CCCn1cc(C(=O)N(C)C)c(=O)c2c(N)cccc21. The van der Waals surface area contributed by atoms with E-state index in [2.05, 4.69) is 0 Å². The van der Waals surface area contributed by atoms with E-state index >= 15 is 0 Å². The van der Waals surface area contributed by atoms with E-state index in [-0.39, 0.29) is 16.9 Å². The lowest BCUT2D eigenvalue weighted by atomic mass is 10.1. The molecule has 5 nitrogen and oxygen atoms in total. The van der Waals surface area contributed by atoms with Crippen LogP contribution in [0.1, 0.15) is 23.7 Å². The summed E-state index contributed by atoms with van der Waals surface area (Å²) in [5.41, 5.74) is 6.97. The molecule has 1 amide bonds. The van der Waals surface area contributed by atoms with Crippen molar-refractivity contribution in [2.45, 2.75) is 19.9 Å². The average molecular weight is 273 g/mol. The second-order valence-electron chi connectivity index (χ2n) is 5.01. The molecule has 0 atom stereocenters. The highest BCUT2D eigenvalue weighted by atomic mass is 16.2. The third kappa shape index (κ3) is 2.27. The Kier molecular flexibility index (Phi) is 3.79. The van der Waals surface area contributed by atoms with Crippen LogP contribution in [0.2, 0.25) is 0 Å². The van der Waals surface area contributed by atoms with Gasteiger partial charge in [-0.3, -0.25) is 9.59 Å². The van der Waals surface area contributed by atoms with Crippen LogP contribution >= 0.6 is 0 Å². The lowest BCUT2D eigenvalue weighted by Crippen LogP contribution is -2.29. The lowest BCUT2D eigenvalue weighted by Gasteiger charge is -2.15. The van der Waals surface area contributed by atoms with Gasteiger partial charge in [-0.2, -0.15) is 0 Å². The zero-order valence-corrected chi connectivity index (χ0v) is 12.0. The van der Waals surface area contributed by atoms with Crippen LogP contribution in [-0.2, 0) is 6.54 Å². The van der Waals surface area contributed by atoms with Gasteiger partial charge in [0.05, 0.1) is 10.9 Å². The molecule has 0 aliphatic rings. The van der Waals surface area contributed by atoms with E-state index < -0.39 is 0 Å². The Labute approximate surface area is 117 Å². The molecule has 0 unspecified atom stereocenters.